The van der Waals surface area contributed by atoms with Gasteiger partial charge < -0.3 is 5.11 Å². The van der Waals surface area contributed by atoms with Gasteiger partial charge in [0.25, 0.3) is 10.0 Å². The molecule has 0 aliphatic heterocycles. The Morgan fingerprint density at radius 3 is 2.60 bits per heavy atom. The van der Waals surface area contributed by atoms with Gasteiger partial charge in [0.2, 0.25) is 0 Å². The molecule has 6 nitrogen and oxygen atoms in total. The van der Waals surface area contributed by atoms with Crippen LogP contribution in [0.3, 0.4) is 0 Å². The fourth-order valence-corrected chi connectivity index (χ4v) is 4.07. The third-order valence-electron chi connectivity index (χ3n) is 2.64. The number of hydrogen-bond acceptors (Lipinski definition) is 5. The van der Waals surface area contributed by atoms with Gasteiger partial charge in [0.1, 0.15) is 4.21 Å². The van der Waals surface area contributed by atoms with Gasteiger partial charge in [-0.1, -0.05) is 0 Å². The van der Waals surface area contributed by atoms with Gasteiger partial charge >= 0.3 is 5.97 Å². The topological polar surface area (TPSA) is 87.6 Å². The summed E-state index contributed by atoms with van der Waals surface area (Å²) in [7, 11) is -2.23. The van der Waals surface area contributed by atoms with Gasteiger partial charge in [-0.2, -0.15) is 4.31 Å². The summed E-state index contributed by atoms with van der Waals surface area (Å²) in [4.78, 5) is 14.7. The molecule has 2 rings (SSSR count). The highest BCUT2D eigenvalue weighted by Crippen LogP contribution is 2.24. The summed E-state index contributed by atoms with van der Waals surface area (Å²) in [6.45, 7) is 0.200. The summed E-state index contributed by atoms with van der Waals surface area (Å²) in [5.41, 5.74) is 0.784. The maximum atomic E-state index is 12.3. The number of nitrogens with zero attached hydrogens (tertiary/aromatic N) is 2. The van der Waals surface area contributed by atoms with Crippen molar-refractivity contribution < 1.29 is 18.3 Å². The van der Waals surface area contributed by atoms with Crippen LogP contribution in [0.2, 0.25) is 0 Å². The molecule has 0 aromatic carbocycles. The Kier molecular flexibility index (Phi) is 4.17. The fourth-order valence-electron chi connectivity index (χ4n) is 1.55. The molecular formula is C12H12N2O4S2. The highest BCUT2D eigenvalue weighted by molar-refractivity contribution is 7.91. The molecular weight excluding hydrogens is 300 g/mol. The maximum Gasteiger partial charge on any atom is 0.336 e. The molecule has 0 atom stereocenters. The molecule has 106 valence electrons. The Morgan fingerprint density at radius 1 is 1.40 bits per heavy atom. The lowest BCUT2D eigenvalue weighted by Crippen LogP contribution is -2.25. The molecule has 0 saturated heterocycles. The minimum absolute atomic E-state index is 0.0199. The first-order chi connectivity index (χ1) is 9.41. The number of aromatic nitrogens is 1. The summed E-state index contributed by atoms with van der Waals surface area (Å²) < 4.78 is 25.8. The lowest BCUT2D eigenvalue weighted by molar-refractivity contribution is 0.0697. The molecule has 0 aliphatic rings. The van der Waals surface area contributed by atoms with Gasteiger partial charge in [-0.05, 0) is 23.8 Å². The Balaban J connectivity index is 2.23. The van der Waals surface area contributed by atoms with Gasteiger partial charge in [0, 0.05) is 31.4 Å². The Morgan fingerprint density at radius 2 is 2.05 bits per heavy atom. The number of rotatable bonds is 5. The smallest absolute Gasteiger partial charge is 0.336 e. The van der Waals surface area contributed by atoms with Crippen molar-refractivity contribution in [1.29, 1.82) is 0 Å². The highest BCUT2D eigenvalue weighted by Gasteiger charge is 2.24. The number of carboxylic acid groups (broad SMARTS) is 1. The Labute approximate surface area is 120 Å². The van der Waals surface area contributed by atoms with Crippen LogP contribution in [0.1, 0.15) is 15.9 Å². The average Bonchev–Trinajstić information content (AvgIpc) is 2.90. The van der Waals surface area contributed by atoms with Crippen molar-refractivity contribution in [2.24, 2.45) is 0 Å². The van der Waals surface area contributed by atoms with Gasteiger partial charge in [-0.3, -0.25) is 4.98 Å². The van der Waals surface area contributed by atoms with E-state index in [4.69, 9.17) is 5.11 Å². The zero-order valence-corrected chi connectivity index (χ0v) is 12.2. The van der Waals surface area contributed by atoms with Crippen molar-refractivity contribution in [3.8, 4) is 0 Å². The number of sulfonamides is 1. The first-order valence-corrected chi connectivity index (χ1v) is 7.90. The first kappa shape index (κ1) is 14.6. The van der Waals surface area contributed by atoms with Crippen molar-refractivity contribution in [3.63, 3.8) is 0 Å². The summed E-state index contributed by atoms with van der Waals surface area (Å²) in [5.74, 6) is -1.14. The molecule has 2 aromatic heterocycles. The summed E-state index contributed by atoms with van der Waals surface area (Å²) in [5, 5.41) is 10.1. The van der Waals surface area contributed by atoms with Crippen molar-refractivity contribution in [2.45, 2.75) is 10.8 Å². The number of pyridine rings is 1. The number of thiophene rings is 1. The van der Waals surface area contributed by atoms with Crippen LogP contribution >= 0.6 is 11.3 Å². The predicted octanol–water partition coefficient (Wildman–Crippen LogP) is 1.66. The van der Waals surface area contributed by atoms with E-state index in [0.29, 0.717) is 0 Å². The number of carbonyl (C=O) groups is 1. The monoisotopic (exact) mass is 312 g/mol. The lowest BCUT2D eigenvalue weighted by Gasteiger charge is -2.15. The summed E-state index contributed by atoms with van der Waals surface area (Å²) in [6, 6.07) is 4.62. The van der Waals surface area contributed by atoms with Crippen LogP contribution in [0.4, 0.5) is 0 Å². The predicted molar refractivity (Wildman–Crippen MR) is 74.2 cm³/mol. The molecule has 0 amide bonds. The van der Waals surface area contributed by atoms with E-state index in [1.807, 2.05) is 0 Å². The lowest BCUT2D eigenvalue weighted by atomic mass is 10.3. The normalized spacial score (nSPS) is 11.7. The Bertz CT molecular complexity index is 710. The summed E-state index contributed by atoms with van der Waals surface area (Å²) in [6.07, 6.45) is 3.17. The second-order valence-corrected chi connectivity index (χ2v) is 7.26. The summed E-state index contributed by atoms with van der Waals surface area (Å²) >= 11 is 0.901. The third-order valence-corrected chi connectivity index (χ3v) is 5.86. The molecule has 2 heterocycles. The molecule has 0 radical (unpaired) electrons. The molecule has 1 N–H and O–H groups in total. The number of hydrogen-bond donors (Lipinski definition) is 1. The van der Waals surface area contributed by atoms with Crippen LogP contribution in [0, 0.1) is 0 Å². The quantitative estimate of drug-likeness (QED) is 0.907. The van der Waals surface area contributed by atoms with Gasteiger partial charge in [0.05, 0.1) is 5.56 Å². The van der Waals surface area contributed by atoms with E-state index in [9.17, 15) is 13.2 Å². The average molecular weight is 312 g/mol. The van der Waals surface area contributed by atoms with E-state index in [2.05, 4.69) is 4.98 Å². The van der Waals surface area contributed by atoms with Crippen molar-refractivity contribution in [2.75, 3.05) is 7.05 Å². The SMILES string of the molecule is CN(Cc1ccncc1)S(=O)(=O)c1cc(C(=O)O)cs1. The number of aromatic carboxylic acids is 1. The van der Waals surface area contributed by atoms with Gasteiger partial charge in [-0.15, -0.1) is 11.3 Å². The second-order valence-electron chi connectivity index (χ2n) is 4.08. The molecule has 2 aromatic rings. The van der Waals surface area contributed by atoms with Crippen molar-refractivity contribution in [3.05, 3.63) is 47.1 Å². The van der Waals surface area contributed by atoms with Crippen LogP contribution in [0.25, 0.3) is 0 Å². The molecule has 0 saturated carbocycles. The molecule has 0 spiro atoms. The molecule has 8 heteroatoms. The molecule has 0 bridgehead atoms. The van der Waals surface area contributed by atoms with E-state index in [1.54, 1.807) is 24.5 Å². The highest BCUT2D eigenvalue weighted by atomic mass is 32.2. The van der Waals surface area contributed by atoms with Gasteiger partial charge in [0.15, 0.2) is 0 Å². The van der Waals surface area contributed by atoms with E-state index < -0.39 is 16.0 Å². The Hall–Kier alpha value is -1.77. The first-order valence-electron chi connectivity index (χ1n) is 5.58. The van der Waals surface area contributed by atoms with Crippen molar-refractivity contribution >= 4 is 27.3 Å². The van der Waals surface area contributed by atoms with E-state index in [0.717, 1.165) is 16.9 Å². The standard InChI is InChI=1S/C12H12N2O4S2/c1-14(7-9-2-4-13-5-3-9)20(17,18)11-6-10(8-19-11)12(15)16/h2-6,8H,7H2,1H3,(H,15,16). The second kappa shape index (κ2) is 5.70. The molecule has 0 fully saturated rings. The van der Waals surface area contributed by atoms with E-state index in [1.165, 1.54) is 22.8 Å². The van der Waals surface area contributed by atoms with Crippen LogP contribution in [-0.2, 0) is 16.6 Å². The van der Waals surface area contributed by atoms with Crippen LogP contribution in [0.5, 0.6) is 0 Å². The van der Waals surface area contributed by atoms with Crippen LogP contribution < -0.4 is 0 Å². The fraction of sp³-hybridized carbons (Fsp3) is 0.167. The van der Waals surface area contributed by atoms with Crippen molar-refractivity contribution in [1.82, 2.24) is 9.29 Å². The van der Waals surface area contributed by atoms with E-state index in [-0.39, 0.29) is 16.3 Å². The zero-order valence-electron chi connectivity index (χ0n) is 10.6. The minimum atomic E-state index is -3.68. The van der Waals surface area contributed by atoms with Gasteiger partial charge in [-0.25, -0.2) is 13.2 Å². The van der Waals surface area contributed by atoms with Crippen LogP contribution in [0.15, 0.2) is 40.2 Å². The molecule has 0 unspecified atom stereocenters. The zero-order chi connectivity index (χ0) is 14.8. The largest absolute Gasteiger partial charge is 0.478 e. The number of carboxylic acids is 1. The molecule has 20 heavy (non-hydrogen) atoms. The van der Waals surface area contributed by atoms with Crippen LogP contribution in [-0.4, -0.2) is 35.8 Å². The maximum absolute atomic E-state index is 12.3. The molecule has 0 aliphatic carbocycles. The minimum Gasteiger partial charge on any atom is -0.478 e. The third kappa shape index (κ3) is 3.03. The van der Waals surface area contributed by atoms with E-state index >= 15 is 0 Å².